The first-order valence-electron chi connectivity index (χ1n) is 6.93. The van der Waals surface area contributed by atoms with Gasteiger partial charge < -0.3 is 10.5 Å². The van der Waals surface area contributed by atoms with Gasteiger partial charge in [-0.05, 0) is 38.0 Å². The Morgan fingerprint density at radius 3 is 2.50 bits per heavy atom. The quantitative estimate of drug-likeness (QED) is 0.793. The molecule has 1 fully saturated rings. The van der Waals surface area contributed by atoms with E-state index in [1.807, 2.05) is 0 Å². The van der Waals surface area contributed by atoms with Gasteiger partial charge in [0.05, 0.1) is 10.5 Å². The van der Waals surface area contributed by atoms with E-state index in [0.29, 0.717) is 13.1 Å². The predicted octanol–water partition coefficient (Wildman–Crippen LogP) is 0.502. The number of rotatable bonds is 5. The van der Waals surface area contributed by atoms with Crippen LogP contribution in [-0.2, 0) is 19.6 Å². The van der Waals surface area contributed by atoms with Gasteiger partial charge in [0.15, 0.2) is 6.10 Å². The lowest BCUT2D eigenvalue weighted by Gasteiger charge is -2.16. The average molecular weight is 326 g/mol. The molecular weight excluding hydrogens is 308 g/mol. The van der Waals surface area contributed by atoms with Crippen LogP contribution in [0.5, 0.6) is 0 Å². The molecule has 1 aromatic rings. The van der Waals surface area contributed by atoms with E-state index in [0.717, 1.165) is 12.8 Å². The van der Waals surface area contributed by atoms with Gasteiger partial charge in [0.1, 0.15) is 0 Å². The molecule has 1 heterocycles. The van der Waals surface area contributed by atoms with Crippen molar-refractivity contribution in [2.75, 3.05) is 13.1 Å². The van der Waals surface area contributed by atoms with E-state index in [-0.39, 0.29) is 10.5 Å². The second kappa shape index (κ2) is 6.45. The fourth-order valence-electron chi connectivity index (χ4n) is 2.15. The second-order valence-corrected chi connectivity index (χ2v) is 7.03. The zero-order valence-corrected chi connectivity index (χ0v) is 13.0. The van der Waals surface area contributed by atoms with E-state index in [9.17, 15) is 18.0 Å². The maximum Gasteiger partial charge on any atom is 0.338 e. The fourth-order valence-corrected chi connectivity index (χ4v) is 3.71. The minimum absolute atomic E-state index is 0.0376. The van der Waals surface area contributed by atoms with Crippen molar-refractivity contribution in [2.45, 2.75) is 30.8 Å². The highest BCUT2D eigenvalue weighted by atomic mass is 32.2. The monoisotopic (exact) mass is 326 g/mol. The summed E-state index contributed by atoms with van der Waals surface area (Å²) < 4.78 is 31.1. The highest BCUT2D eigenvalue weighted by Gasteiger charge is 2.28. The first kappa shape index (κ1) is 16.4. The first-order valence-corrected chi connectivity index (χ1v) is 8.37. The van der Waals surface area contributed by atoms with Crippen LogP contribution in [0.1, 0.15) is 30.1 Å². The van der Waals surface area contributed by atoms with Gasteiger partial charge in [-0.1, -0.05) is 6.07 Å². The molecule has 0 aromatic heterocycles. The minimum atomic E-state index is -3.61. The van der Waals surface area contributed by atoms with Gasteiger partial charge in [-0.3, -0.25) is 4.79 Å². The summed E-state index contributed by atoms with van der Waals surface area (Å²) in [6.07, 6.45) is 0.583. The van der Waals surface area contributed by atoms with E-state index in [2.05, 4.69) is 0 Å². The van der Waals surface area contributed by atoms with Crippen molar-refractivity contribution in [3.05, 3.63) is 29.8 Å². The number of carbonyl (C=O) groups excluding carboxylic acids is 2. The van der Waals surface area contributed by atoms with Crippen LogP contribution < -0.4 is 5.73 Å². The Kier molecular flexibility index (Phi) is 4.82. The average Bonchev–Trinajstić information content (AvgIpc) is 3.02. The van der Waals surface area contributed by atoms with E-state index < -0.39 is 28.0 Å². The lowest BCUT2D eigenvalue weighted by Crippen LogP contribution is -2.30. The molecule has 1 amide bonds. The van der Waals surface area contributed by atoms with Crippen molar-refractivity contribution in [2.24, 2.45) is 5.73 Å². The van der Waals surface area contributed by atoms with Crippen molar-refractivity contribution < 1.29 is 22.7 Å². The standard InChI is InChI=1S/C14H18N2O5S/c1-10(13(15)17)21-14(18)11-5-4-6-12(9-11)22(19,20)16-7-2-3-8-16/h4-6,9-10H,2-3,7-8H2,1H3,(H2,15,17)/t10-/m1/s1. The Balaban J connectivity index is 2.23. The van der Waals surface area contributed by atoms with Crippen LogP contribution in [0.4, 0.5) is 0 Å². The molecule has 1 atom stereocenters. The summed E-state index contributed by atoms with van der Waals surface area (Å²) in [6.45, 7) is 2.32. The summed E-state index contributed by atoms with van der Waals surface area (Å²) >= 11 is 0. The Labute approximate surface area is 129 Å². The van der Waals surface area contributed by atoms with Gasteiger partial charge in [0, 0.05) is 13.1 Å². The van der Waals surface area contributed by atoms with Crippen LogP contribution in [0.3, 0.4) is 0 Å². The summed E-state index contributed by atoms with van der Waals surface area (Å²) in [4.78, 5) is 22.9. The van der Waals surface area contributed by atoms with Gasteiger partial charge in [-0.15, -0.1) is 0 Å². The molecule has 1 aromatic carbocycles. The molecule has 2 N–H and O–H groups in total. The maximum absolute atomic E-state index is 12.4. The molecule has 1 aliphatic rings. The number of hydrogen-bond donors (Lipinski definition) is 1. The van der Waals surface area contributed by atoms with Gasteiger partial charge >= 0.3 is 5.97 Å². The summed E-state index contributed by atoms with van der Waals surface area (Å²) in [7, 11) is -3.61. The number of carbonyl (C=O) groups is 2. The SMILES string of the molecule is C[C@@H](OC(=O)c1cccc(S(=O)(=O)N2CCCC2)c1)C(N)=O. The second-order valence-electron chi connectivity index (χ2n) is 5.09. The topological polar surface area (TPSA) is 107 Å². The Morgan fingerprint density at radius 1 is 1.27 bits per heavy atom. The molecule has 2 rings (SSSR count). The van der Waals surface area contributed by atoms with E-state index in [1.54, 1.807) is 0 Å². The third-order valence-corrected chi connectivity index (χ3v) is 5.35. The predicted molar refractivity (Wildman–Crippen MR) is 78.5 cm³/mol. The molecule has 1 aliphatic heterocycles. The number of nitrogens with two attached hydrogens (primary N) is 1. The number of hydrogen-bond acceptors (Lipinski definition) is 5. The number of amides is 1. The number of esters is 1. The molecule has 0 bridgehead atoms. The molecule has 0 saturated carbocycles. The van der Waals surface area contributed by atoms with Crippen LogP contribution in [0.15, 0.2) is 29.2 Å². The maximum atomic E-state index is 12.4. The zero-order chi connectivity index (χ0) is 16.3. The molecule has 8 heteroatoms. The van der Waals surface area contributed by atoms with Crippen molar-refractivity contribution in [1.82, 2.24) is 4.31 Å². The van der Waals surface area contributed by atoms with E-state index >= 15 is 0 Å². The smallest absolute Gasteiger partial charge is 0.338 e. The van der Waals surface area contributed by atoms with Crippen molar-refractivity contribution >= 4 is 21.9 Å². The third kappa shape index (κ3) is 3.45. The Bertz CT molecular complexity index is 680. The van der Waals surface area contributed by atoms with E-state index in [1.165, 1.54) is 35.5 Å². The molecule has 0 radical (unpaired) electrons. The lowest BCUT2D eigenvalue weighted by molar-refractivity contribution is -0.125. The first-order chi connectivity index (χ1) is 10.3. The molecule has 7 nitrogen and oxygen atoms in total. The Morgan fingerprint density at radius 2 is 1.91 bits per heavy atom. The molecule has 0 spiro atoms. The summed E-state index contributed by atoms with van der Waals surface area (Å²) in [5.41, 5.74) is 5.09. The summed E-state index contributed by atoms with van der Waals surface area (Å²) in [6, 6.07) is 5.58. The van der Waals surface area contributed by atoms with Crippen LogP contribution in [0.2, 0.25) is 0 Å². The van der Waals surface area contributed by atoms with Crippen LogP contribution in [0.25, 0.3) is 0 Å². The van der Waals surface area contributed by atoms with Gasteiger partial charge in [0.25, 0.3) is 5.91 Å². The highest BCUT2D eigenvalue weighted by Crippen LogP contribution is 2.21. The number of nitrogens with zero attached hydrogens (tertiary/aromatic N) is 1. The number of benzene rings is 1. The molecule has 22 heavy (non-hydrogen) atoms. The highest BCUT2D eigenvalue weighted by molar-refractivity contribution is 7.89. The minimum Gasteiger partial charge on any atom is -0.449 e. The van der Waals surface area contributed by atoms with Gasteiger partial charge in [0.2, 0.25) is 10.0 Å². The molecular formula is C14H18N2O5S. The normalized spacial score (nSPS) is 17.1. The Hall–Kier alpha value is -1.93. The molecule has 0 unspecified atom stereocenters. The molecule has 1 saturated heterocycles. The van der Waals surface area contributed by atoms with Gasteiger partial charge in [-0.2, -0.15) is 4.31 Å². The van der Waals surface area contributed by atoms with Crippen molar-refractivity contribution in [1.29, 1.82) is 0 Å². The van der Waals surface area contributed by atoms with Crippen LogP contribution >= 0.6 is 0 Å². The fraction of sp³-hybridized carbons (Fsp3) is 0.429. The van der Waals surface area contributed by atoms with E-state index in [4.69, 9.17) is 10.5 Å². The number of primary amides is 1. The molecule has 0 aliphatic carbocycles. The summed E-state index contributed by atoms with van der Waals surface area (Å²) in [5.74, 6) is -1.56. The number of sulfonamides is 1. The third-order valence-electron chi connectivity index (χ3n) is 3.46. The van der Waals surface area contributed by atoms with Crippen LogP contribution in [-0.4, -0.2) is 43.8 Å². The zero-order valence-electron chi connectivity index (χ0n) is 12.2. The largest absolute Gasteiger partial charge is 0.449 e. The van der Waals surface area contributed by atoms with Crippen molar-refractivity contribution in [3.63, 3.8) is 0 Å². The van der Waals surface area contributed by atoms with Crippen LogP contribution in [0, 0.1) is 0 Å². The van der Waals surface area contributed by atoms with Crippen molar-refractivity contribution in [3.8, 4) is 0 Å². The lowest BCUT2D eigenvalue weighted by atomic mass is 10.2. The number of ether oxygens (including phenoxy) is 1. The summed E-state index contributed by atoms with van der Waals surface area (Å²) in [5, 5.41) is 0. The molecule has 120 valence electrons. The van der Waals surface area contributed by atoms with Gasteiger partial charge in [-0.25, -0.2) is 13.2 Å².